The molecule has 1 aliphatic heterocycles. The van der Waals surface area contributed by atoms with Crippen molar-refractivity contribution in [1.82, 2.24) is 9.80 Å². The Bertz CT molecular complexity index is 931. The average Bonchev–Trinajstić information content (AvgIpc) is 3.11. The molecule has 1 heterocycles. The summed E-state index contributed by atoms with van der Waals surface area (Å²) in [4.78, 5) is 40.2. The molecule has 7 nitrogen and oxygen atoms in total. The molecule has 3 rings (SSSR count). The highest BCUT2D eigenvalue weighted by Gasteiger charge is 2.17. The number of nitrogens with one attached hydrogen (secondary N) is 2. The Hall–Kier alpha value is -3.35. The van der Waals surface area contributed by atoms with Gasteiger partial charge in [-0.1, -0.05) is 25.0 Å². The lowest BCUT2D eigenvalue weighted by atomic mass is 10.1. The lowest BCUT2D eigenvalue weighted by molar-refractivity contribution is -0.128. The summed E-state index contributed by atoms with van der Waals surface area (Å²) in [5.74, 6) is 0.00133. The molecular formula is C26H34N4O3. The van der Waals surface area contributed by atoms with Crippen LogP contribution in [0.15, 0.2) is 48.5 Å². The third kappa shape index (κ3) is 7.63. The van der Waals surface area contributed by atoms with Gasteiger partial charge in [0.2, 0.25) is 11.8 Å². The smallest absolute Gasteiger partial charge is 0.253 e. The summed E-state index contributed by atoms with van der Waals surface area (Å²) in [6.45, 7) is 1.77. The SMILES string of the molecule is CN(C)C(=O)CCc1ccc(NCC(=O)Nc2ccc(C(=O)N3CCCCCC3)cc2)cc1. The molecule has 1 aliphatic rings. The fourth-order valence-electron chi connectivity index (χ4n) is 3.80. The van der Waals surface area contributed by atoms with Crippen LogP contribution >= 0.6 is 0 Å². The summed E-state index contributed by atoms with van der Waals surface area (Å²) in [6, 6.07) is 14.8. The van der Waals surface area contributed by atoms with Crippen LogP contribution in [0.3, 0.4) is 0 Å². The Morgan fingerprint density at radius 3 is 2.06 bits per heavy atom. The van der Waals surface area contributed by atoms with Crippen molar-refractivity contribution < 1.29 is 14.4 Å². The van der Waals surface area contributed by atoms with Gasteiger partial charge in [0.15, 0.2) is 0 Å². The number of aryl methyl sites for hydroxylation is 1. The van der Waals surface area contributed by atoms with Crippen LogP contribution in [0.25, 0.3) is 0 Å². The predicted octanol–water partition coefficient (Wildman–Crippen LogP) is 3.77. The molecule has 1 fully saturated rings. The normalized spacial score (nSPS) is 13.7. The molecule has 7 heteroatoms. The molecule has 0 atom stereocenters. The minimum absolute atomic E-state index is 0.0611. The topological polar surface area (TPSA) is 81.8 Å². The highest BCUT2D eigenvalue weighted by atomic mass is 16.2. The fourth-order valence-corrected chi connectivity index (χ4v) is 3.80. The largest absolute Gasteiger partial charge is 0.376 e. The lowest BCUT2D eigenvalue weighted by Gasteiger charge is -2.20. The predicted molar refractivity (Wildman–Crippen MR) is 131 cm³/mol. The van der Waals surface area contributed by atoms with E-state index in [0.717, 1.165) is 37.2 Å². The second-order valence-corrected chi connectivity index (χ2v) is 8.67. The van der Waals surface area contributed by atoms with Crippen molar-refractivity contribution in [3.8, 4) is 0 Å². The van der Waals surface area contributed by atoms with Crippen molar-refractivity contribution in [1.29, 1.82) is 0 Å². The molecular weight excluding hydrogens is 416 g/mol. The van der Waals surface area contributed by atoms with Crippen LogP contribution in [-0.2, 0) is 16.0 Å². The van der Waals surface area contributed by atoms with Crippen LogP contribution in [0.4, 0.5) is 11.4 Å². The summed E-state index contributed by atoms with van der Waals surface area (Å²) in [7, 11) is 3.51. The van der Waals surface area contributed by atoms with E-state index >= 15 is 0 Å². The number of hydrogen-bond acceptors (Lipinski definition) is 4. The Balaban J connectivity index is 1.44. The number of rotatable bonds is 8. The van der Waals surface area contributed by atoms with E-state index in [0.29, 0.717) is 24.1 Å². The van der Waals surface area contributed by atoms with Gasteiger partial charge < -0.3 is 20.4 Å². The monoisotopic (exact) mass is 450 g/mol. The Labute approximate surface area is 196 Å². The second kappa shape index (κ2) is 12.0. The van der Waals surface area contributed by atoms with Crippen molar-refractivity contribution in [2.24, 2.45) is 0 Å². The zero-order chi connectivity index (χ0) is 23.6. The standard InChI is InChI=1S/C26H34N4O3/c1-29(2)25(32)16-9-20-7-12-22(13-8-20)27-19-24(31)28-23-14-10-21(11-15-23)26(33)30-17-5-3-4-6-18-30/h7-8,10-15,27H,3-6,9,16-19H2,1-2H3,(H,28,31). The van der Waals surface area contributed by atoms with Crippen LogP contribution in [0.5, 0.6) is 0 Å². The van der Waals surface area contributed by atoms with Crippen LogP contribution in [0, 0.1) is 0 Å². The Morgan fingerprint density at radius 2 is 1.45 bits per heavy atom. The second-order valence-electron chi connectivity index (χ2n) is 8.67. The molecule has 0 aromatic heterocycles. The van der Waals surface area contributed by atoms with Gasteiger partial charge in [0, 0.05) is 50.5 Å². The molecule has 0 unspecified atom stereocenters. The van der Waals surface area contributed by atoms with Gasteiger partial charge >= 0.3 is 0 Å². The van der Waals surface area contributed by atoms with Gasteiger partial charge in [-0.2, -0.15) is 0 Å². The molecule has 1 saturated heterocycles. The van der Waals surface area contributed by atoms with E-state index < -0.39 is 0 Å². The van der Waals surface area contributed by atoms with E-state index in [4.69, 9.17) is 0 Å². The maximum absolute atomic E-state index is 12.7. The number of hydrogen-bond donors (Lipinski definition) is 2. The highest BCUT2D eigenvalue weighted by molar-refractivity contribution is 5.96. The first-order valence-electron chi connectivity index (χ1n) is 11.6. The summed E-state index contributed by atoms with van der Waals surface area (Å²) < 4.78 is 0. The van der Waals surface area contributed by atoms with Gasteiger partial charge in [0.05, 0.1) is 6.54 Å². The number of anilines is 2. The number of amides is 3. The van der Waals surface area contributed by atoms with E-state index in [1.807, 2.05) is 29.2 Å². The maximum Gasteiger partial charge on any atom is 0.253 e. The van der Waals surface area contributed by atoms with Crippen molar-refractivity contribution in [2.45, 2.75) is 38.5 Å². The van der Waals surface area contributed by atoms with Crippen LogP contribution in [0.1, 0.15) is 48.0 Å². The molecule has 2 aromatic carbocycles. The van der Waals surface area contributed by atoms with E-state index in [1.165, 1.54) is 12.8 Å². The Kier molecular flexibility index (Phi) is 8.87. The van der Waals surface area contributed by atoms with Gasteiger partial charge in [-0.3, -0.25) is 14.4 Å². The summed E-state index contributed by atoms with van der Waals surface area (Å²) in [5, 5.41) is 5.96. The van der Waals surface area contributed by atoms with Crippen molar-refractivity contribution in [3.63, 3.8) is 0 Å². The molecule has 3 amide bonds. The van der Waals surface area contributed by atoms with Crippen LogP contribution in [-0.4, -0.2) is 61.3 Å². The molecule has 33 heavy (non-hydrogen) atoms. The third-order valence-electron chi connectivity index (χ3n) is 5.84. The van der Waals surface area contributed by atoms with E-state index in [9.17, 15) is 14.4 Å². The van der Waals surface area contributed by atoms with Crippen molar-refractivity contribution >= 4 is 29.1 Å². The molecule has 0 spiro atoms. The molecule has 176 valence electrons. The number of likely N-dealkylation sites (tertiary alicyclic amines) is 1. The quantitative estimate of drug-likeness (QED) is 0.641. The molecule has 0 bridgehead atoms. The first kappa shape index (κ1) is 24.3. The summed E-state index contributed by atoms with van der Waals surface area (Å²) >= 11 is 0. The van der Waals surface area contributed by atoms with E-state index in [1.54, 1.807) is 43.3 Å². The average molecular weight is 451 g/mol. The maximum atomic E-state index is 12.7. The number of benzene rings is 2. The number of carbonyl (C=O) groups is 3. The number of nitrogens with zero attached hydrogens (tertiary/aromatic N) is 2. The van der Waals surface area contributed by atoms with Crippen molar-refractivity contribution in [3.05, 3.63) is 59.7 Å². The minimum atomic E-state index is -0.165. The molecule has 2 N–H and O–H groups in total. The van der Waals surface area contributed by atoms with Gasteiger partial charge in [-0.05, 0) is 61.2 Å². The van der Waals surface area contributed by atoms with Crippen molar-refractivity contribution in [2.75, 3.05) is 44.4 Å². The van der Waals surface area contributed by atoms with Crippen LogP contribution in [0.2, 0.25) is 0 Å². The molecule has 0 aliphatic carbocycles. The fraction of sp³-hybridized carbons (Fsp3) is 0.423. The molecule has 2 aromatic rings. The Morgan fingerprint density at radius 1 is 0.848 bits per heavy atom. The highest BCUT2D eigenvalue weighted by Crippen LogP contribution is 2.16. The van der Waals surface area contributed by atoms with E-state index in [2.05, 4.69) is 10.6 Å². The first-order valence-corrected chi connectivity index (χ1v) is 11.6. The zero-order valence-electron chi connectivity index (χ0n) is 19.6. The minimum Gasteiger partial charge on any atom is -0.376 e. The third-order valence-corrected chi connectivity index (χ3v) is 5.84. The van der Waals surface area contributed by atoms with E-state index in [-0.39, 0.29) is 24.3 Å². The zero-order valence-corrected chi connectivity index (χ0v) is 19.6. The summed E-state index contributed by atoms with van der Waals surface area (Å²) in [5.41, 5.74) is 3.23. The molecule has 0 saturated carbocycles. The van der Waals surface area contributed by atoms with Crippen LogP contribution < -0.4 is 10.6 Å². The first-order chi connectivity index (χ1) is 15.9. The van der Waals surface area contributed by atoms with Gasteiger partial charge in [-0.25, -0.2) is 0 Å². The van der Waals surface area contributed by atoms with Gasteiger partial charge in [-0.15, -0.1) is 0 Å². The summed E-state index contributed by atoms with van der Waals surface area (Å²) in [6.07, 6.45) is 5.66. The lowest BCUT2D eigenvalue weighted by Crippen LogP contribution is -2.31. The molecule has 0 radical (unpaired) electrons. The van der Waals surface area contributed by atoms with Gasteiger partial charge in [0.25, 0.3) is 5.91 Å². The van der Waals surface area contributed by atoms with Gasteiger partial charge in [0.1, 0.15) is 0 Å². The number of carbonyl (C=O) groups excluding carboxylic acids is 3.